The van der Waals surface area contributed by atoms with E-state index in [0.717, 1.165) is 29.3 Å². The molecule has 0 radical (unpaired) electrons. The van der Waals surface area contributed by atoms with E-state index in [0.29, 0.717) is 48.8 Å². The average Bonchev–Trinajstić information content (AvgIpc) is 3.47. The largest absolute Gasteiger partial charge is 0.368 e. The van der Waals surface area contributed by atoms with Crippen LogP contribution < -0.4 is 10.5 Å². The molecule has 33 heavy (non-hydrogen) atoms. The number of anilines is 1. The number of thiophene rings is 1. The zero-order chi connectivity index (χ0) is 23.1. The second-order valence-corrected chi connectivity index (χ2v) is 9.59. The van der Waals surface area contributed by atoms with Gasteiger partial charge in [-0.1, -0.05) is 17.7 Å². The molecule has 0 aliphatic carbocycles. The van der Waals surface area contributed by atoms with Gasteiger partial charge >= 0.3 is 0 Å². The summed E-state index contributed by atoms with van der Waals surface area (Å²) in [6.45, 7) is 7.42. The van der Waals surface area contributed by atoms with E-state index < -0.39 is 0 Å². The molecule has 4 heterocycles. The number of nitrogens with zero attached hydrogens (tertiary/aromatic N) is 6. The molecule has 172 valence electrons. The topological polar surface area (TPSA) is 75.7 Å². The van der Waals surface area contributed by atoms with Gasteiger partial charge in [-0.2, -0.15) is 0 Å². The van der Waals surface area contributed by atoms with Gasteiger partial charge in [0.05, 0.1) is 5.52 Å². The van der Waals surface area contributed by atoms with Crippen LogP contribution in [0.3, 0.4) is 0 Å². The Bertz CT molecular complexity index is 1400. The molecule has 1 amide bonds. The van der Waals surface area contributed by atoms with E-state index in [9.17, 15) is 9.59 Å². The predicted molar refractivity (Wildman–Crippen MR) is 132 cm³/mol. The first-order chi connectivity index (χ1) is 16.0. The number of amides is 1. The molecule has 1 aliphatic heterocycles. The summed E-state index contributed by atoms with van der Waals surface area (Å²) in [4.78, 5) is 29.9. The molecular formula is C23H25ClN6O2S. The molecule has 0 bridgehead atoms. The van der Waals surface area contributed by atoms with Gasteiger partial charge in [-0.25, -0.2) is 0 Å². The number of hydrogen-bond acceptors (Lipinski definition) is 6. The molecule has 3 aromatic heterocycles. The summed E-state index contributed by atoms with van der Waals surface area (Å²) in [6, 6.07) is 7.84. The third kappa shape index (κ3) is 3.89. The van der Waals surface area contributed by atoms with Crippen LogP contribution in [0.15, 0.2) is 34.4 Å². The molecule has 0 spiro atoms. The van der Waals surface area contributed by atoms with Crippen LogP contribution in [0.25, 0.3) is 16.0 Å². The van der Waals surface area contributed by atoms with E-state index in [1.54, 1.807) is 4.57 Å². The van der Waals surface area contributed by atoms with E-state index in [1.165, 1.54) is 16.9 Å². The standard InChI is InChI=1S/C23H25ClN6O2S/c1-3-29-22(32)21-17(8-13-33-21)30-19(25-26-23(29)30)6-7-20(31)28-11-9-27(10-12-28)18-14-16(24)5-4-15(18)2/h4-5,8,13-14H,3,6-7,9-12H2,1-2H3. The van der Waals surface area contributed by atoms with Crippen molar-refractivity contribution in [3.63, 3.8) is 0 Å². The summed E-state index contributed by atoms with van der Waals surface area (Å²) in [5.74, 6) is 1.35. The SMILES string of the molecule is CCn1c(=O)c2sccc2n2c(CCC(=O)N3CCN(c4cc(Cl)ccc4C)CC3)nnc12. The van der Waals surface area contributed by atoms with Crippen LogP contribution in [0.5, 0.6) is 0 Å². The number of aromatic nitrogens is 4. The molecule has 0 unspecified atom stereocenters. The van der Waals surface area contributed by atoms with Crippen LogP contribution in [-0.4, -0.2) is 56.2 Å². The van der Waals surface area contributed by atoms with Crippen molar-refractivity contribution in [2.24, 2.45) is 0 Å². The van der Waals surface area contributed by atoms with Crippen LogP contribution in [0.4, 0.5) is 5.69 Å². The van der Waals surface area contributed by atoms with Gasteiger partial charge in [0.1, 0.15) is 10.5 Å². The number of piperazine rings is 1. The van der Waals surface area contributed by atoms with Crippen LogP contribution in [0.2, 0.25) is 5.02 Å². The summed E-state index contributed by atoms with van der Waals surface area (Å²) >= 11 is 7.60. The van der Waals surface area contributed by atoms with Crippen molar-refractivity contribution in [2.75, 3.05) is 31.1 Å². The number of carbonyl (C=O) groups is 1. The number of carbonyl (C=O) groups excluding carboxylic acids is 1. The molecule has 8 nitrogen and oxygen atoms in total. The lowest BCUT2D eigenvalue weighted by Gasteiger charge is -2.37. The number of fused-ring (bicyclic) bond motifs is 3. The zero-order valence-electron chi connectivity index (χ0n) is 18.6. The van der Waals surface area contributed by atoms with Crippen molar-refractivity contribution < 1.29 is 4.79 Å². The Hall–Kier alpha value is -2.91. The van der Waals surface area contributed by atoms with Gasteiger partial charge in [-0.05, 0) is 43.0 Å². The number of hydrogen-bond donors (Lipinski definition) is 0. The maximum absolute atomic E-state index is 13.0. The van der Waals surface area contributed by atoms with Gasteiger partial charge in [0.15, 0.2) is 0 Å². The van der Waals surface area contributed by atoms with Crippen molar-refractivity contribution in [3.05, 3.63) is 56.4 Å². The zero-order valence-corrected chi connectivity index (χ0v) is 20.2. The molecule has 1 aromatic carbocycles. The lowest BCUT2D eigenvalue weighted by Crippen LogP contribution is -2.49. The Morgan fingerprint density at radius 1 is 1.15 bits per heavy atom. The second-order valence-electron chi connectivity index (χ2n) is 8.23. The fourth-order valence-electron chi connectivity index (χ4n) is 4.52. The normalized spacial score (nSPS) is 14.5. The maximum Gasteiger partial charge on any atom is 0.272 e. The lowest BCUT2D eigenvalue weighted by molar-refractivity contribution is -0.131. The van der Waals surface area contributed by atoms with Crippen molar-refractivity contribution in [1.29, 1.82) is 0 Å². The minimum atomic E-state index is -0.0437. The summed E-state index contributed by atoms with van der Waals surface area (Å²) < 4.78 is 4.24. The van der Waals surface area contributed by atoms with Crippen LogP contribution in [0.1, 0.15) is 24.7 Å². The third-order valence-electron chi connectivity index (χ3n) is 6.30. The van der Waals surface area contributed by atoms with Crippen LogP contribution >= 0.6 is 22.9 Å². The first-order valence-electron chi connectivity index (χ1n) is 11.1. The number of benzene rings is 1. The molecule has 4 aromatic rings. The molecule has 0 N–H and O–H groups in total. The van der Waals surface area contributed by atoms with E-state index in [-0.39, 0.29) is 11.5 Å². The second kappa shape index (κ2) is 8.79. The van der Waals surface area contributed by atoms with Crippen molar-refractivity contribution >= 4 is 50.5 Å². The monoisotopic (exact) mass is 484 g/mol. The Morgan fingerprint density at radius 3 is 2.70 bits per heavy atom. The Balaban J connectivity index is 1.29. The van der Waals surface area contributed by atoms with Gasteiger partial charge in [0, 0.05) is 56.3 Å². The highest BCUT2D eigenvalue weighted by atomic mass is 35.5. The summed E-state index contributed by atoms with van der Waals surface area (Å²) in [6.07, 6.45) is 0.828. The molecular weight excluding hydrogens is 460 g/mol. The molecule has 10 heteroatoms. The highest BCUT2D eigenvalue weighted by Gasteiger charge is 2.23. The molecule has 0 saturated carbocycles. The molecule has 1 fully saturated rings. The predicted octanol–water partition coefficient (Wildman–Crippen LogP) is 3.37. The molecule has 5 rings (SSSR count). The van der Waals surface area contributed by atoms with E-state index in [4.69, 9.17) is 11.6 Å². The summed E-state index contributed by atoms with van der Waals surface area (Å²) in [5.41, 5.74) is 3.08. The highest BCUT2D eigenvalue weighted by molar-refractivity contribution is 7.17. The van der Waals surface area contributed by atoms with Gasteiger partial charge < -0.3 is 9.80 Å². The number of aryl methyl sites for hydroxylation is 3. The first-order valence-corrected chi connectivity index (χ1v) is 12.4. The summed E-state index contributed by atoms with van der Waals surface area (Å²) in [5, 5.41) is 11.2. The van der Waals surface area contributed by atoms with E-state index in [2.05, 4.69) is 22.0 Å². The van der Waals surface area contributed by atoms with Gasteiger partial charge in [-0.15, -0.1) is 21.5 Å². The fraction of sp³-hybridized carbons (Fsp3) is 0.391. The number of halogens is 1. The Kier molecular flexibility index (Phi) is 5.84. The van der Waals surface area contributed by atoms with Crippen LogP contribution in [0, 0.1) is 6.92 Å². The smallest absolute Gasteiger partial charge is 0.272 e. The Labute approximate surface area is 200 Å². The van der Waals surface area contributed by atoms with Gasteiger partial charge in [0.2, 0.25) is 11.7 Å². The van der Waals surface area contributed by atoms with E-state index in [1.807, 2.05) is 45.9 Å². The van der Waals surface area contributed by atoms with Crippen molar-refractivity contribution in [2.45, 2.75) is 33.2 Å². The van der Waals surface area contributed by atoms with Crippen LogP contribution in [-0.2, 0) is 17.8 Å². The van der Waals surface area contributed by atoms with Gasteiger partial charge in [-0.3, -0.25) is 18.6 Å². The molecule has 1 aliphatic rings. The molecule has 1 saturated heterocycles. The Morgan fingerprint density at radius 2 is 1.94 bits per heavy atom. The minimum Gasteiger partial charge on any atom is -0.368 e. The lowest BCUT2D eigenvalue weighted by atomic mass is 10.1. The van der Waals surface area contributed by atoms with Gasteiger partial charge in [0.25, 0.3) is 5.56 Å². The summed E-state index contributed by atoms with van der Waals surface area (Å²) in [7, 11) is 0. The average molecular weight is 485 g/mol. The fourth-order valence-corrected chi connectivity index (χ4v) is 5.51. The maximum atomic E-state index is 13.0. The highest BCUT2D eigenvalue weighted by Crippen LogP contribution is 2.25. The first kappa shape index (κ1) is 21.9. The molecule has 0 atom stereocenters. The van der Waals surface area contributed by atoms with Crippen molar-refractivity contribution in [1.82, 2.24) is 24.1 Å². The number of rotatable bonds is 5. The minimum absolute atomic E-state index is 0.0437. The van der Waals surface area contributed by atoms with E-state index >= 15 is 0 Å². The van der Waals surface area contributed by atoms with Crippen molar-refractivity contribution in [3.8, 4) is 0 Å². The third-order valence-corrected chi connectivity index (χ3v) is 7.43. The quantitative estimate of drug-likeness (QED) is 0.434.